The van der Waals surface area contributed by atoms with Crippen LogP contribution in [0, 0.1) is 0 Å². The molecule has 20 heavy (non-hydrogen) atoms. The van der Waals surface area contributed by atoms with Crippen molar-refractivity contribution in [3.05, 3.63) is 60.2 Å². The van der Waals surface area contributed by atoms with Gasteiger partial charge < -0.3 is 4.74 Å². The first kappa shape index (κ1) is 14.7. The van der Waals surface area contributed by atoms with Crippen LogP contribution in [0.25, 0.3) is 0 Å². The van der Waals surface area contributed by atoms with Crippen molar-refractivity contribution < 1.29 is 9.53 Å². The molecule has 2 nitrogen and oxygen atoms in total. The van der Waals surface area contributed by atoms with Crippen LogP contribution in [0.2, 0.25) is 0 Å². The Balaban J connectivity index is 1.74. The van der Waals surface area contributed by atoms with E-state index in [0.717, 1.165) is 23.5 Å². The summed E-state index contributed by atoms with van der Waals surface area (Å²) in [6.07, 6.45) is 2.45. The molecule has 104 valence electrons. The lowest BCUT2D eigenvalue weighted by atomic mass is 10.1. The van der Waals surface area contributed by atoms with Gasteiger partial charge in [-0.1, -0.05) is 42.1 Å². The van der Waals surface area contributed by atoms with Gasteiger partial charge in [0.1, 0.15) is 5.75 Å². The molecule has 2 rings (SSSR count). The lowest BCUT2D eigenvalue weighted by molar-refractivity contribution is -0.111. The van der Waals surface area contributed by atoms with E-state index in [1.807, 2.05) is 42.5 Å². The van der Waals surface area contributed by atoms with Crippen molar-refractivity contribution in [2.75, 3.05) is 7.11 Å². The molecule has 2 aromatic rings. The molecule has 0 saturated heterocycles. The second-order valence-corrected chi connectivity index (χ2v) is 5.62. The Morgan fingerprint density at radius 3 is 2.40 bits per heavy atom. The van der Waals surface area contributed by atoms with Crippen molar-refractivity contribution >= 4 is 16.9 Å². The Hall–Kier alpha value is -1.74. The second kappa shape index (κ2) is 7.75. The maximum absolute atomic E-state index is 11.9. The van der Waals surface area contributed by atoms with Crippen LogP contribution in [0.3, 0.4) is 0 Å². The number of carbonyl (C=O) groups excluding carboxylic acids is 1. The summed E-state index contributed by atoms with van der Waals surface area (Å²) in [6, 6.07) is 17.8. The largest absolute Gasteiger partial charge is 0.497 e. The van der Waals surface area contributed by atoms with E-state index in [0.29, 0.717) is 6.42 Å². The van der Waals surface area contributed by atoms with Gasteiger partial charge in [-0.25, -0.2) is 0 Å². The van der Waals surface area contributed by atoms with Gasteiger partial charge in [-0.3, -0.25) is 4.79 Å². The highest BCUT2D eigenvalue weighted by Crippen LogP contribution is 2.23. The van der Waals surface area contributed by atoms with Gasteiger partial charge in [0, 0.05) is 11.3 Å². The smallest absolute Gasteiger partial charge is 0.193 e. The monoisotopic (exact) mass is 286 g/mol. The highest BCUT2D eigenvalue weighted by molar-refractivity contribution is 8.13. The first-order valence-corrected chi connectivity index (χ1v) is 7.48. The Morgan fingerprint density at radius 1 is 1.05 bits per heavy atom. The molecule has 3 heteroatoms. The molecule has 0 N–H and O–H groups in total. The quantitative estimate of drug-likeness (QED) is 0.739. The summed E-state index contributed by atoms with van der Waals surface area (Å²) >= 11 is 1.30. The average molecular weight is 286 g/mol. The SMILES string of the molecule is COc1ccc(SC(=O)CCCc2ccccc2)cc1. The molecule has 0 bridgehead atoms. The maximum atomic E-state index is 11.9. The fourth-order valence-corrected chi connectivity index (χ4v) is 2.69. The van der Waals surface area contributed by atoms with Crippen LogP contribution in [0.1, 0.15) is 18.4 Å². The average Bonchev–Trinajstić information content (AvgIpc) is 2.49. The molecule has 0 amide bonds. The predicted octanol–water partition coefficient (Wildman–Crippen LogP) is 4.34. The van der Waals surface area contributed by atoms with Crippen LogP contribution < -0.4 is 4.74 Å². The third-order valence-electron chi connectivity index (χ3n) is 2.98. The van der Waals surface area contributed by atoms with Gasteiger partial charge >= 0.3 is 0 Å². The maximum Gasteiger partial charge on any atom is 0.193 e. The zero-order chi connectivity index (χ0) is 14.2. The number of aryl methyl sites for hydroxylation is 1. The lowest BCUT2D eigenvalue weighted by Gasteiger charge is -2.03. The molecule has 0 aliphatic carbocycles. The summed E-state index contributed by atoms with van der Waals surface area (Å²) in [6.45, 7) is 0. The van der Waals surface area contributed by atoms with Gasteiger partial charge in [0.15, 0.2) is 5.12 Å². The molecule has 0 aromatic heterocycles. The van der Waals surface area contributed by atoms with Crippen molar-refractivity contribution in [1.29, 1.82) is 0 Å². The summed E-state index contributed by atoms with van der Waals surface area (Å²) in [5, 5.41) is 0.214. The molecule has 0 aliphatic heterocycles. The van der Waals surface area contributed by atoms with E-state index < -0.39 is 0 Å². The number of hydrogen-bond donors (Lipinski definition) is 0. The molecule has 0 aliphatic rings. The second-order valence-electron chi connectivity index (χ2n) is 4.49. The van der Waals surface area contributed by atoms with E-state index in [1.165, 1.54) is 17.3 Å². The van der Waals surface area contributed by atoms with Crippen LogP contribution in [0.5, 0.6) is 5.75 Å². The van der Waals surface area contributed by atoms with E-state index in [4.69, 9.17) is 4.74 Å². The first-order valence-electron chi connectivity index (χ1n) is 6.66. The van der Waals surface area contributed by atoms with Crippen LogP contribution >= 0.6 is 11.8 Å². The lowest BCUT2D eigenvalue weighted by Crippen LogP contribution is -1.94. The van der Waals surface area contributed by atoms with Gasteiger partial charge in [0.05, 0.1) is 7.11 Å². The number of methoxy groups -OCH3 is 1. The summed E-state index contributed by atoms with van der Waals surface area (Å²) in [7, 11) is 1.64. The van der Waals surface area contributed by atoms with E-state index in [1.54, 1.807) is 7.11 Å². The number of hydrogen-bond acceptors (Lipinski definition) is 3. The molecule has 0 saturated carbocycles. The van der Waals surface area contributed by atoms with Gasteiger partial charge in [0.25, 0.3) is 0 Å². The molecule has 0 radical (unpaired) electrons. The number of ether oxygens (including phenoxy) is 1. The third-order valence-corrected chi connectivity index (χ3v) is 3.92. The Bertz CT molecular complexity index is 535. The Morgan fingerprint density at radius 2 is 1.75 bits per heavy atom. The molecule has 2 aromatic carbocycles. The number of thioether (sulfide) groups is 1. The van der Waals surface area contributed by atoms with E-state index >= 15 is 0 Å². The van der Waals surface area contributed by atoms with E-state index in [9.17, 15) is 4.79 Å². The Labute approximate surface area is 124 Å². The standard InChI is InChI=1S/C17H18O2S/c1-19-15-10-12-16(13-11-15)20-17(18)9-5-8-14-6-3-2-4-7-14/h2-4,6-7,10-13H,5,8-9H2,1H3. The number of carbonyl (C=O) groups is 1. The zero-order valence-corrected chi connectivity index (χ0v) is 12.4. The highest BCUT2D eigenvalue weighted by atomic mass is 32.2. The Kier molecular flexibility index (Phi) is 5.69. The first-order chi connectivity index (χ1) is 9.78. The molecule has 0 atom stereocenters. The summed E-state index contributed by atoms with van der Waals surface area (Å²) in [5.41, 5.74) is 1.29. The molecular formula is C17H18O2S. The zero-order valence-electron chi connectivity index (χ0n) is 11.5. The van der Waals surface area contributed by atoms with Gasteiger partial charge in [-0.05, 0) is 42.7 Å². The normalized spacial score (nSPS) is 10.2. The minimum Gasteiger partial charge on any atom is -0.497 e. The van der Waals surface area contributed by atoms with E-state index in [-0.39, 0.29) is 5.12 Å². The number of benzene rings is 2. The third kappa shape index (κ3) is 4.74. The predicted molar refractivity (Wildman–Crippen MR) is 83.2 cm³/mol. The fraction of sp³-hybridized carbons (Fsp3) is 0.235. The minimum atomic E-state index is 0.214. The highest BCUT2D eigenvalue weighted by Gasteiger charge is 2.05. The van der Waals surface area contributed by atoms with Crippen molar-refractivity contribution in [1.82, 2.24) is 0 Å². The van der Waals surface area contributed by atoms with Crippen molar-refractivity contribution in [2.24, 2.45) is 0 Å². The molecular weight excluding hydrogens is 268 g/mol. The van der Waals surface area contributed by atoms with Crippen LogP contribution in [-0.2, 0) is 11.2 Å². The fourth-order valence-electron chi connectivity index (χ4n) is 1.91. The number of rotatable bonds is 6. The summed E-state index contributed by atoms with van der Waals surface area (Å²) in [5.74, 6) is 0.811. The van der Waals surface area contributed by atoms with Gasteiger partial charge in [0.2, 0.25) is 0 Å². The van der Waals surface area contributed by atoms with Gasteiger partial charge in [-0.15, -0.1) is 0 Å². The van der Waals surface area contributed by atoms with Gasteiger partial charge in [-0.2, -0.15) is 0 Å². The molecule has 0 spiro atoms. The molecule has 0 fully saturated rings. The van der Waals surface area contributed by atoms with E-state index in [2.05, 4.69) is 12.1 Å². The molecule has 0 heterocycles. The summed E-state index contributed by atoms with van der Waals surface area (Å²) < 4.78 is 5.09. The van der Waals surface area contributed by atoms with Crippen LogP contribution in [0.15, 0.2) is 59.5 Å². The van der Waals surface area contributed by atoms with Crippen molar-refractivity contribution in [2.45, 2.75) is 24.2 Å². The van der Waals surface area contributed by atoms with Crippen LogP contribution in [0.4, 0.5) is 0 Å². The van der Waals surface area contributed by atoms with Crippen molar-refractivity contribution in [3.63, 3.8) is 0 Å². The van der Waals surface area contributed by atoms with Crippen LogP contribution in [-0.4, -0.2) is 12.2 Å². The van der Waals surface area contributed by atoms with Crippen molar-refractivity contribution in [3.8, 4) is 5.75 Å². The summed E-state index contributed by atoms with van der Waals surface area (Å²) in [4.78, 5) is 12.9. The topological polar surface area (TPSA) is 26.3 Å². The molecule has 0 unspecified atom stereocenters. The minimum absolute atomic E-state index is 0.214.